The molecule has 110 valence electrons. The minimum Gasteiger partial charge on any atom is -0.347 e. The fourth-order valence-corrected chi connectivity index (χ4v) is 3.86. The molecule has 0 aromatic carbocycles. The van der Waals surface area contributed by atoms with Crippen LogP contribution >= 0.6 is 11.3 Å². The number of hydrogen-bond acceptors (Lipinski definition) is 4. The van der Waals surface area contributed by atoms with Crippen molar-refractivity contribution < 1.29 is 4.79 Å². The number of nitrogens with one attached hydrogen (secondary N) is 1. The molecule has 1 amide bonds. The molecule has 1 fully saturated rings. The summed E-state index contributed by atoms with van der Waals surface area (Å²) >= 11 is 1.55. The molecule has 5 nitrogen and oxygen atoms in total. The Kier molecular flexibility index (Phi) is 3.06. The van der Waals surface area contributed by atoms with Crippen LogP contribution in [0.2, 0.25) is 0 Å². The summed E-state index contributed by atoms with van der Waals surface area (Å²) in [6.07, 6.45) is 8.11. The molecular weight excluding hydrogens is 284 g/mol. The van der Waals surface area contributed by atoms with E-state index < -0.39 is 0 Å². The topological polar surface area (TPSA) is 59.8 Å². The predicted octanol–water partition coefficient (Wildman–Crippen LogP) is 2.27. The van der Waals surface area contributed by atoms with Gasteiger partial charge in [0, 0.05) is 31.1 Å². The molecule has 1 aliphatic heterocycles. The molecule has 2 aromatic heterocycles. The van der Waals surface area contributed by atoms with E-state index in [9.17, 15) is 4.79 Å². The van der Waals surface area contributed by atoms with E-state index in [1.807, 2.05) is 6.92 Å². The van der Waals surface area contributed by atoms with Crippen LogP contribution in [-0.2, 0) is 13.0 Å². The van der Waals surface area contributed by atoms with E-state index >= 15 is 0 Å². The van der Waals surface area contributed by atoms with E-state index in [2.05, 4.69) is 26.0 Å². The molecule has 4 rings (SSSR count). The third-order valence-corrected chi connectivity index (χ3v) is 5.28. The molecule has 3 heterocycles. The zero-order valence-corrected chi connectivity index (χ0v) is 12.8. The summed E-state index contributed by atoms with van der Waals surface area (Å²) in [5, 5.41) is 4.26. The van der Waals surface area contributed by atoms with Gasteiger partial charge in [-0.25, -0.2) is 9.97 Å². The Bertz CT molecular complexity index is 686. The maximum Gasteiger partial charge on any atom is 0.263 e. The van der Waals surface area contributed by atoms with Crippen LogP contribution in [0.3, 0.4) is 0 Å². The molecule has 2 aromatic rings. The molecular formula is C15H18N4OS. The van der Waals surface area contributed by atoms with Crippen LogP contribution in [0.4, 0.5) is 0 Å². The third kappa shape index (κ3) is 2.60. The Morgan fingerprint density at radius 1 is 1.43 bits per heavy atom. The van der Waals surface area contributed by atoms with Gasteiger partial charge in [0.05, 0.1) is 16.9 Å². The van der Waals surface area contributed by atoms with Gasteiger partial charge in [-0.05, 0) is 26.2 Å². The number of nitrogens with zero attached hydrogens (tertiary/aromatic N) is 3. The van der Waals surface area contributed by atoms with Gasteiger partial charge in [0.25, 0.3) is 5.91 Å². The molecule has 21 heavy (non-hydrogen) atoms. The molecule has 1 N–H and O–H groups in total. The number of carbonyl (C=O) groups is 1. The van der Waals surface area contributed by atoms with Crippen LogP contribution < -0.4 is 5.32 Å². The molecule has 6 heteroatoms. The van der Waals surface area contributed by atoms with Crippen LogP contribution in [0.5, 0.6) is 0 Å². The summed E-state index contributed by atoms with van der Waals surface area (Å²) in [6, 6.07) is 0.185. The summed E-state index contributed by atoms with van der Waals surface area (Å²) in [7, 11) is 0. The fraction of sp³-hybridized carbons (Fsp3) is 0.533. The second-order valence-corrected chi connectivity index (χ2v) is 7.06. The van der Waals surface area contributed by atoms with Crippen molar-refractivity contribution in [3.63, 3.8) is 0 Å². The van der Waals surface area contributed by atoms with Crippen LogP contribution in [-0.4, -0.2) is 26.5 Å². The Morgan fingerprint density at radius 2 is 2.29 bits per heavy atom. The predicted molar refractivity (Wildman–Crippen MR) is 80.6 cm³/mol. The number of aryl methyl sites for hydroxylation is 2. The summed E-state index contributed by atoms with van der Waals surface area (Å²) in [5.41, 5.74) is 1.05. The monoisotopic (exact) mass is 302 g/mol. The Labute approximate surface area is 127 Å². The molecule has 1 unspecified atom stereocenters. The first-order valence-corrected chi connectivity index (χ1v) is 8.30. The van der Waals surface area contributed by atoms with Crippen molar-refractivity contribution in [2.75, 3.05) is 0 Å². The van der Waals surface area contributed by atoms with Crippen molar-refractivity contribution >= 4 is 17.2 Å². The first-order chi connectivity index (χ1) is 10.2. The lowest BCUT2D eigenvalue weighted by Gasteiger charge is -2.24. The first-order valence-electron chi connectivity index (χ1n) is 7.48. The van der Waals surface area contributed by atoms with Gasteiger partial charge in [0.15, 0.2) is 0 Å². The number of amides is 1. The Balaban J connectivity index is 1.42. The molecule has 2 aliphatic rings. The van der Waals surface area contributed by atoms with Gasteiger partial charge in [-0.3, -0.25) is 4.79 Å². The van der Waals surface area contributed by atoms with Crippen molar-refractivity contribution in [1.29, 1.82) is 0 Å². The second-order valence-electron chi connectivity index (χ2n) is 6.00. The number of aromatic nitrogens is 3. The Morgan fingerprint density at radius 3 is 3.10 bits per heavy atom. The van der Waals surface area contributed by atoms with Crippen molar-refractivity contribution in [3.8, 4) is 0 Å². The van der Waals surface area contributed by atoms with Gasteiger partial charge in [-0.15, -0.1) is 11.3 Å². The average molecular weight is 302 g/mol. The van der Waals surface area contributed by atoms with E-state index in [-0.39, 0.29) is 11.9 Å². The molecule has 0 saturated heterocycles. The number of hydrogen-bond donors (Lipinski definition) is 1. The zero-order chi connectivity index (χ0) is 14.4. The molecule has 1 aliphatic carbocycles. The molecule has 0 spiro atoms. The van der Waals surface area contributed by atoms with Gasteiger partial charge in [-0.2, -0.15) is 0 Å². The highest BCUT2D eigenvalue weighted by molar-refractivity contribution is 7.13. The normalized spacial score (nSPS) is 21.1. The fourth-order valence-electron chi connectivity index (χ4n) is 2.87. The standard InChI is InChI=1S/C15H18N4OS/c1-9-7-19-8-11(4-5-13(19)17-9)18-14(20)12-6-16-15(21-12)10-2-3-10/h6-7,10-11H,2-5,8H2,1H3,(H,18,20). The number of imidazole rings is 1. The molecule has 0 radical (unpaired) electrons. The number of rotatable bonds is 3. The summed E-state index contributed by atoms with van der Waals surface area (Å²) in [4.78, 5) is 21.9. The highest BCUT2D eigenvalue weighted by Crippen LogP contribution is 2.41. The number of carbonyl (C=O) groups excluding carboxylic acids is 1. The van der Waals surface area contributed by atoms with Crippen LogP contribution in [0.15, 0.2) is 12.4 Å². The van der Waals surface area contributed by atoms with E-state index in [1.165, 1.54) is 12.8 Å². The molecule has 1 atom stereocenters. The minimum atomic E-state index is 0.0182. The molecule has 0 bridgehead atoms. The second kappa shape index (κ2) is 4.94. The maximum absolute atomic E-state index is 12.3. The quantitative estimate of drug-likeness (QED) is 0.946. The van der Waals surface area contributed by atoms with Crippen molar-refractivity contribution in [1.82, 2.24) is 19.9 Å². The summed E-state index contributed by atoms with van der Waals surface area (Å²) in [6.45, 7) is 2.83. The lowest BCUT2D eigenvalue weighted by molar-refractivity contribution is 0.0931. The largest absolute Gasteiger partial charge is 0.347 e. The zero-order valence-electron chi connectivity index (χ0n) is 12.0. The lowest BCUT2D eigenvalue weighted by atomic mass is 10.1. The van der Waals surface area contributed by atoms with Gasteiger partial charge in [0.2, 0.25) is 0 Å². The highest BCUT2D eigenvalue weighted by atomic mass is 32.1. The number of fused-ring (bicyclic) bond motifs is 1. The first kappa shape index (κ1) is 13.0. The summed E-state index contributed by atoms with van der Waals surface area (Å²) in [5.74, 6) is 1.76. The van der Waals surface area contributed by atoms with Crippen LogP contribution in [0, 0.1) is 6.92 Å². The molecule has 1 saturated carbocycles. The lowest BCUT2D eigenvalue weighted by Crippen LogP contribution is -2.40. The smallest absolute Gasteiger partial charge is 0.263 e. The summed E-state index contributed by atoms with van der Waals surface area (Å²) < 4.78 is 2.16. The van der Waals surface area contributed by atoms with Crippen LogP contribution in [0.25, 0.3) is 0 Å². The van der Waals surface area contributed by atoms with Crippen LogP contribution in [0.1, 0.15) is 51.4 Å². The SMILES string of the molecule is Cc1cn2c(n1)CCC(NC(=O)c1cnc(C3CC3)s1)C2. The minimum absolute atomic E-state index is 0.0182. The van der Waals surface area contributed by atoms with Gasteiger partial charge in [-0.1, -0.05) is 0 Å². The van der Waals surface area contributed by atoms with Crippen molar-refractivity contribution in [3.05, 3.63) is 33.8 Å². The van der Waals surface area contributed by atoms with E-state index in [4.69, 9.17) is 0 Å². The highest BCUT2D eigenvalue weighted by Gasteiger charge is 2.28. The van der Waals surface area contributed by atoms with E-state index in [0.717, 1.165) is 40.8 Å². The van der Waals surface area contributed by atoms with Crippen molar-refractivity contribution in [2.45, 2.75) is 51.1 Å². The van der Waals surface area contributed by atoms with E-state index in [0.29, 0.717) is 5.92 Å². The van der Waals surface area contributed by atoms with Crippen molar-refractivity contribution in [2.24, 2.45) is 0 Å². The van der Waals surface area contributed by atoms with Gasteiger partial charge >= 0.3 is 0 Å². The average Bonchev–Trinajstić information content (AvgIpc) is 3.06. The van der Waals surface area contributed by atoms with Gasteiger partial charge < -0.3 is 9.88 Å². The Hall–Kier alpha value is -1.69. The number of thiazole rings is 1. The maximum atomic E-state index is 12.3. The van der Waals surface area contributed by atoms with E-state index in [1.54, 1.807) is 17.5 Å². The van der Waals surface area contributed by atoms with Gasteiger partial charge in [0.1, 0.15) is 10.7 Å². The third-order valence-electron chi connectivity index (χ3n) is 4.12.